The van der Waals surface area contributed by atoms with Crippen molar-refractivity contribution in [2.45, 2.75) is 0 Å². The molecule has 0 saturated heterocycles. The van der Waals surface area contributed by atoms with Gasteiger partial charge in [0.05, 0.1) is 22.1 Å². The first kappa shape index (κ1) is 13.2. The highest BCUT2D eigenvalue weighted by Gasteiger charge is 2.20. The van der Waals surface area contributed by atoms with Crippen molar-refractivity contribution in [2.75, 3.05) is 10.6 Å². The van der Waals surface area contributed by atoms with E-state index in [-0.39, 0.29) is 16.6 Å². The molecule has 0 heterocycles. The predicted molar refractivity (Wildman–Crippen MR) is 62.8 cm³/mol. The van der Waals surface area contributed by atoms with Crippen LogP contribution in [0.3, 0.4) is 0 Å². The van der Waals surface area contributed by atoms with Gasteiger partial charge in [0.25, 0.3) is 0 Å². The van der Waals surface area contributed by atoms with Gasteiger partial charge in [-0.2, -0.15) is 0 Å². The molecule has 1 aromatic carbocycles. The van der Waals surface area contributed by atoms with Crippen LogP contribution in [0, 0.1) is 0 Å². The van der Waals surface area contributed by atoms with Crippen LogP contribution in [-0.4, -0.2) is 33.4 Å². The summed E-state index contributed by atoms with van der Waals surface area (Å²) >= 11 is 2.91. The number of nitrogens with one attached hydrogen (secondary N) is 1. The number of rotatable bonds is 4. The number of hydrogen-bond acceptors (Lipinski definition) is 3. The Morgan fingerprint density at radius 1 is 1.18 bits per heavy atom. The number of anilines is 1. The Labute approximate surface area is 104 Å². The van der Waals surface area contributed by atoms with E-state index in [1.165, 1.54) is 12.1 Å². The second-order valence-corrected chi connectivity index (χ2v) is 3.58. The summed E-state index contributed by atoms with van der Waals surface area (Å²) in [7, 11) is 0. The number of benzene rings is 1. The maximum absolute atomic E-state index is 11.1. The van der Waals surface area contributed by atoms with Gasteiger partial charge in [-0.05, 0) is 12.1 Å². The molecule has 1 rings (SSSR count). The van der Waals surface area contributed by atoms with E-state index in [4.69, 9.17) is 10.2 Å². The molecule has 3 N–H and O–H groups in total. The van der Waals surface area contributed by atoms with Crippen LogP contribution in [0.4, 0.5) is 5.69 Å². The lowest BCUT2D eigenvalue weighted by Gasteiger charge is -2.09. The fourth-order valence-corrected chi connectivity index (χ4v) is 1.39. The van der Waals surface area contributed by atoms with Gasteiger partial charge in [-0.25, -0.2) is 9.59 Å². The van der Waals surface area contributed by atoms with Gasteiger partial charge in [0, 0.05) is 0 Å². The highest BCUT2D eigenvalue weighted by atomic mass is 79.9. The minimum atomic E-state index is -1.41. The van der Waals surface area contributed by atoms with Gasteiger partial charge in [-0.3, -0.25) is 4.79 Å². The van der Waals surface area contributed by atoms with E-state index in [0.29, 0.717) is 0 Å². The molecular formula is C10H8BrNO5. The average Bonchev–Trinajstić information content (AvgIpc) is 2.28. The molecule has 0 aliphatic rings. The smallest absolute Gasteiger partial charge is 0.338 e. The van der Waals surface area contributed by atoms with Crippen LogP contribution >= 0.6 is 15.9 Å². The van der Waals surface area contributed by atoms with Gasteiger partial charge in [0.15, 0.2) is 0 Å². The number of halogens is 1. The van der Waals surface area contributed by atoms with Crippen molar-refractivity contribution in [3.8, 4) is 0 Å². The highest BCUT2D eigenvalue weighted by Crippen LogP contribution is 2.20. The van der Waals surface area contributed by atoms with Crippen molar-refractivity contribution in [2.24, 2.45) is 0 Å². The van der Waals surface area contributed by atoms with Gasteiger partial charge in [-0.15, -0.1) is 0 Å². The normalized spacial score (nSPS) is 9.71. The number of carboxylic acid groups (broad SMARTS) is 2. The van der Waals surface area contributed by atoms with E-state index in [2.05, 4.69) is 21.2 Å². The minimum absolute atomic E-state index is 0.0106. The van der Waals surface area contributed by atoms with E-state index >= 15 is 0 Å². The number of alkyl halides is 1. The summed E-state index contributed by atoms with van der Waals surface area (Å²) in [5, 5.41) is 20.1. The second-order valence-electron chi connectivity index (χ2n) is 3.02. The van der Waals surface area contributed by atoms with E-state index in [0.717, 1.165) is 6.07 Å². The Bertz CT molecular complexity index is 486. The molecule has 7 heteroatoms. The van der Waals surface area contributed by atoms with Crippen molar-refractivity contribution >= 4 is 39.5 Å². The van der Waals surface area contributed by atoms with Crippen molar-refractivity contribution in [3.05, 3.63) is 29.3 Å². The van der Waals surface area contributed by atoms with Crippen LogP contribution < -0.4 is 5.32 Å². The molecule has 6 nitrogen and oxygen atoms in total. The summed E-state index contributed by atoms with van der Waals surface area (Å²) in [5.41, 5.74) is -0.846. The van der Waals surface area contributed by atoms with Crippen molar-refractivity contribution in [1.29, 1.82) is 0 Å². The van der Waals surface area contributed by atoms with E-state index < -0.39 is 23.4 Å². The average molecular weight is 302 g/mol. The largest absolute Gasteiger partial charge is 0.478 e. The zero-order valence-electron chi connectivity index (χ0n) is 8.44. The SMILES string of the molecule is O=C(CBr)Nc1cccc(C(=O)O)c1C(=O)O. The summed E-state index contributed by atoms with van der Waals surface area (Å²) in [6.07, 6.45) is 0. The number of aromatic carboxylic acids is 2. The molecule has 1 amide bonds. The quantitative estimate of drug-likeness (QED) is 0.730. The Hall–Kier alpha value is -1.89. The van der Waals surface area contributed by atoms with Crippen LogP contribution in [0.15, 0.2) is 18.2 Å². The molecule has 0 aliphatic heterocycles. The lowest BCUT2D eigenvalue weighted by Crippen LogP contribution is -2.17. The number of amides is 1. The standard InChI is InChI=1S/C10H8BrNO5/c11-4-7(13)12-6-3-1-2-5(9(14)15)8(6)10(16)17/h1-3H,4H2,(H,12,13)(H,14,15)(H,16,17). The van der Waals surface area contributed by atoms with E-state index in [1.807, 2.05) is 0 Å². The van der Waals surface area contributed by atoms with Gasteiger partial charge in [0.2, 0.25) is 5.91 Å². The van der Waals surface area contributed by atoms with Crippen LogP contribution in [-0.2, 0) is 4.79 Å². The van der Waals surface area contributed by atoms with Crippen LogP contribution in [0.25, 0.3) is 0 Å². The fourth-order valence-electron chi connectivity index (χ4n) is 1.25. The molecule has 0 aliphatic carbocycles. The number of carboxylic acids is 2. The minimum Gasteiger partial charge on any atom is -0.478 e. The molecule has 0 radical (unpaired) electrons. The molecular weight excluding hydrogens is 294 g/mol. The van der Waals surface area contributed by atoms with Crippen LogP contribution in [0.5, 0.6) is 0 Å². The number of hydrogen-bond donors (Lipinski definition) is 3. The zero-order valence-corrected chi connectivity index (χ0v) is 10.0. The topological polar surface area (TPSA) is 104 Å². The third-order valence-electron chi connectivity index (χ3n) is 1.90. The van der Waals surface area contributed by atoms with Gasteiger partial charge in [0.1, 0.15) is 0 Å². The second kappa shape index (κ2) is 5.44. The molecule has 90 valence electrons. The Morgan fingerprint density at radius 2 is 1.82 bits per heavy atom. The van der Waals surface area contributed by atoms with Crippen molar-refractivity contribution in [3.63, 3.8) is 0 Å². The Balaban J connectivity index is 3.30. The fraction of sp³-hybridized carbons (Fsp3) is 0.100. The van der Waals surface area contributed by atoms with Crippen molar-refractivity contribution in [1.82, 2.24) is 0 Å². The molecule has 0 bridgehead atoms. The Kier molecular flexibility index (Phi) is 4.22. The third kappa shape index (κ3) is 3.04. The lowest BCUT2D eigenvalue weighted by molar-refractivity contribution is -0.113. The maximum atomic E-state index is 11.1. The molecule has 0 fully saturated rings. The van der Waals surface area contributed by atoms with Crippen molar-refractivity contribution < 1.29 is 24.6 Å². The van der Waals surface area contributed by atoms with Gasteiger partial charge >= 0.3 is 11.9 Å². The summed E-state index contributed by atoms with van der Waals surface area (Å²) in [6.45, 7) is 0. The predicted octanol–water partition coefficient (Wildman–Crippen LogP) is 1.42. The zero-order chi connectivity index (χ0) is 13.0. The molecule has 0 atom stereocenters. The number of carbonyl (C=O) groups is 3. The molecule has 0 saturated carbocycles. The van der Waals surface area contributed by atoms with Gasteiger partial charge in [-0.1, -0.05) is 22.0 Å². The molecule has 1 aromatic rings. The monoisotopic (exact) mass is 301 g/mol. The summed E-state index contributed by atoms with van der Waals surface area (Å²) in [6, 6.07) is 3.85. The summed E-state index contributed by atoms with van der Waals surface area (Å²) in [5.74, 6) is -3.24. The molecule has 17 heavy (non-hydrogen) atoms. The first-order valence-electron chi connectivity index (χ1n) is 4.42. The third-order valence-corrected chi connectivity index (χ3v) is 2.41. The van der Waals surface area contributed by atoms with Crippen LogP contribution in [0.1, 0.15) is 20.7 Å². The first-order chi connectivity index (χ1) is 7.97. The highest BCUT2D eigenvalue weighted by molar-refractivity contribution is 9.09. The van der Waals surface area contributed by atoms with Gasteiger partial charge < -0.3 is 15.5 Å². The van der Waals surface area contributed by atoms with E-state index in [9.17, 15) is 14.4 Å². The summed E-state index contributed by atoms with van der Waals surface area (Å²) in [4.78, 5) is 33.0. The Morgan fingerprint density at radius 3 is 2.29 bits per heavy atom. The van der Waals surface area contributed by atoms with E-state index in [1.54, 1.807) is 0 Å². The molecule has 0 unspecified atom stereocenters. The first-order valence-corrected chi connectivity index (χ1v) is 5.55. The summed E-state index contributed by atoms with van der Waals surface area (Å²) < 4.78 is 0. The lowest BCUT2D eigenvalue weighted by atomic mass is 10.1. The van der Waals surface area contributed by atoms with Crippen LogP contribution in [0.2, 0.25) is 0 Å². The molecule has 0 spiro atoms. The molecule has 0 aromatic heterocycles. The number of carbonyl (C=O) groups excluding carboxylic acids is 1. The maximum Gasteiger partial charge on any atom is 0.338 e.